The molecule has 0 radical (unpaired) electrons. The molecule has 3 aromatic rings. The zero-order chi connectivity index (χ0) is 23.7. The predicted molar refractivity (Wildman–Crippen MR) is 126 cm³/mol. The molecular formula is C24H27N7O3. The Morgan fingerprint density at radius 2 is 1.68 bits per heavy atom. The maximum atomic E-state index is 13.1. The number of piperazine rings is 1. The molecule has 2 fully saturated rings. The number of carbonyl (C=O) groups excluding carboxylic acids is 2. The first kappa shape index (κ1) is 21.9. The first-order valence-electron chi connectivity index (χ1n) is 11.4. The topological polar surface area (TPSA) is 96.7 Å². The number of methoxy groups -OCH3 is 1. The summed E-state index contributed by atoms with van der Waals surface area (Å²) < 4.78 is 6.88. The van der Waals surface area contributed by atoms with E-state index in [1.54, 1.807) is 16.7 Å². The molecule has 1 atom stereocenters. The average molecular weight is 462 g/mol. The smallest absolute Gasteiger partial charge is 0.228 e. The van der Waals surface area contributed by atoms with Gasteiger partial charge in [-0.15, -0.1) is 10.2 Å². The molecule has 10 heteroatoms. The summed E-state index contributed by atoms with van der Waals surface area (Å²) in [6.45, 7) is 4.86. The summed E-state index contributed by atoms with van der Waals surface area (Å²) >= 11 is 0. The Balaban J connectivity index is 1.17. The van der Waals surface area contributed by atoms with Crippen LogP contribution in [-0.2, 0) is 9.59 Å². The minimum atomic E-state index is -0.322. The van der Waals surface area contributed by atoms with Crippen LogP contribution in [0.15, 0.2) is 48.7 Å². The maximum Gasteiger partial charge on any atom is 0.228 e. The van der Waals surface area contributed by atoms with E-state index in [-0.39, 0.29) is 24.2 Å². The van der Waals surface area contributed by atoms with Gasteiger partial charge in [-0.3, -0.25) is 9.59 Å². The van der Waals surface area contributed by atoms with Gasteiger partial charge >= 0.3 is 0 Å². The first-order chi connectivity index (χ1) is 16.5. The predicted octanol–water partition coefficient (Wildman–Crippen LogP) is 1.68. The molecule has 2 aromatic heterocycles. The van der Waals surface area contributed by atoms with Gasteiger partial charge in [0.25, 0.3) is 0 Å². The van der Waals surface area contributed by atoms with Crippen LogP contribution < -0.4 is 14.5 Å². The molecule has 0 spiro atoms. The summed E-state index contributed by atoms with van der Waals surface area (Å²) in [4.78, 5) is 31.4. The van der Waals surface area contributed by atoms with Crippen LogP contribution in [0.2, 0.25) is 0 Å². The summed E-state index contributed by atoms with van der Waals surface area (Å²) in [5.74, 6) is 1.87. The lowest BCUT2D eigenvalue weighted by Crippen LogP contribution is -2.51. The van der Waals surface area contributed by atoms with Crippen LogP contribution in [0.25, 0.3) is 5.82 Å². The Kier molecular flexibility index (Phi) is 5.87. The van der Waals surface area contributed by atoms with Crippen LogP contribution in [0.3, 0.4) is 0 Å². The molecule has 0 bridgehead atoms. The van der Waals surface area contributed by atoms with Gasteiger partial charge in [-0.05, 0) is 49.4 Å². The summed E-state index contributed by atoms with van der Waals surface area (Å²) in [7, 11) is 1.61. The molecule has 0 saturated carbocycles. The Bertz CT molecular complexity index is 1170. The Morgan fingerprint density at radius 3 is 2.29 bits per heavy atom. The van der Waals surface area contributed by atoms with E-state index >= 15 is 0 Å². The van der Waals surface area contributed by atoms with Crippen molar-refractivity contribution in [3.63, 3.8) is 0 Å². The quantitative estimate of drug-likeness (QED) is 0.570. The average Bonchev–Trinajstić information content (AvgIpc) is 3.49. The third kappa shape index (κ3) is 4.30. The Morgan fingerprint density at radius 1 is 0.971 bits per heavy atom. The van der Waals surface area contributed by atoms with Crippen LogP contribution >= 0.6 is 0 Å². The van der Waals surface area contributed by atoms with Gasteiger partial charge in [0, 0.05) is 51.0 Å². The number of anilines is 2. The van der Waals surface area contributed by atoms with Crippen molar-refractivity contribution in [2.24, 2.45) is 5.92 Å². The number of hydrogen-bond donors (Lipinski definition) is 0. The molecule has 2 aliphatic rings. The fourth-order valence-electron chi connectivity index (χ4n) is 4.45. The Labute approximate surface area is 197 Å². The van der Waals surface area contributed by atoms with E-state index < -0.39 is 0 Å². The van der Waals surface area contributed by atoms with Crippen LogP contribution in [0, 0.1) is 12.8 Å². The largest absolute Gasteiger partial charge is 0.497 e. The normalized spacial score (nSPS) is 18.5. The van der Waals surface area contributed by atoms with Crippen molar-refractivity contribution in [3.8, 4) is 11.6 Å². The van der Waals surface area contributed by atoms with Gasteiger partial charge in [-0.2, -0.15) is 5.10 Å². The maximum absolute atomic E-state index is 13.1. The highest BCUT2D eigenvalue weighted by Gasteiger charge is 2.38. The van der Waals surface area contributed by atoms with Crippen molar-refractivity contribution in [2.45, 2.75) is 13.3 Å². The second kappa shape index (κ2) is 9.12. The van der Waals surface area contributed by atoms with E-state index in [0.717, 1.165) is 22.9 Å². The number of aromatic nitrogens is 4. The van der Waals surface area contributed by atoms with Crippen molar-refractivity contribution in [2.75, 3.05) is 49.6 Å². The molecule has 2 saturated heterocycles. The van der Waals surface area contributed by atoms with Gasteiger partial charge in [0.2, 0.25) is 11.8 Å². The Hall–Kier alpha value is -3.95. The van der Waals surface area contributed by atoms with Gasteiger partial charge in [0.15, 0.2) is 11.6 Å². The number of benzene rings is 1. The minimum Gasteiger partial charge on any atom is -0.497 e. The third-order valence-corrected chi connectivity index (χ3v) is 6.37. The fraction of sp³-hybridized carbons (Fsp3) is 0.375. The second-order valence-electron chi connectivity index (χ2n) is 8.57. The molecule has 0 N–H and O–H groups in total. The highest BCUT2D eigenvalue weighted by molar-refractivity contribution is 6.00. The molecular weight excluding hydrogens is 434 g/mol. The van der Waals surface area contributed by atoms with Gasteiger partial charge in [-0.25, -0.2) is 4.68 Å². The molecule has 2 aliphatic heterocycles. The number of hydrogen-bond acceptors (Lipinski definition) is 7. The van der Waals surface area contributed by atoms with Crippen molar-refractivity contribution in [1.82, 2.24) is 24.9 Å². The van der Waals surface area contributed by atoms with E-state index in [1.807, 2.05) is 60.5 Å². The van der Waals surface area contributed by atoms with E-state index in [9.17, 15) is 9.59 Å². The third-order valence-electron chi connectivity index (χ3n) is 6.37. The number of rotatable bonds is 5. The lowest BCUT2D eigenvalue weighted by molar-refractivity contribution is -0.136. The number of ether oxygens (including phenoxy) is 1. The minimum absolute atomic E-state index is 0.0232. The zero-order valence-corrected chi connectivity index (χ0v) is 19.3. The zero-order valence-electron chi connectivity index (χ0n) is 19.3. The van der Waals surface area contributed by atoms with Gasteiger partial charge in [0.05, 0.1) is 18.7 Å². The highest BCUT2D eigenvalue weighted by Crippen LogP contribution is 2.28. The SMILES string of the molecule is COc1ccc(N2CC(C(=O)N3CCN(c4ccc(-n5ccc(C)n5)nn4)CC3)CC2=O)cc1. The summed E-state index contributed by atoms with van der Waals surface area (Å²) in [6, 6.07) is 13.1. The molecule has 2 amide bonds. The van der Waals surface area contributed by atoms with Crippen LogP contribution in [-0.4, -0.2) is 76.5 Å². The number of amides is 2. The van der Waals surface area contributed by atoms with Gasteiger partial charge in [0.1, 0.15) is 5.75 Å². The molecule has 5 rings (SSSR count). The number of aryl methyl sites for hydroxylation is 1. The van der Waals surface area contributed by atoms with Gasteiger partial charge < -0.3 is 19.4 Å². The van der Waals surface area contributed by atoms with Crippen LogP contribution in [0.5, 0.6) is 5.75 Å². The van der Waals surface area contributed by atoms with Crippen molar-refractivity contribution < 1.29 is 14.3 Å². The molecule has 1 unspecified atom stereocenters. The summed E-state index contributed by atoms with van der Waals surface area (Å²) in [5, 5.41) is 13.0. The first-order valence-corrected chi connectivity index (χ1v) is 11.4. The number of carbonyl (C=O) groups is 2. The fourth-order valence-corrected chi connectivity index (χ4v) is 4.45. The standard InChI is InChI=1S/C24H27N7O3/c1-17-9-10-31(27-17)22-8-7-21(25-26-22)28-11-13-29(14-12-28)24(33)18-15-23(32)30(16-18)19-3-5-20(34-2)6-4-19/h3-10,18H,11-16H2,1-2H3. The molecule has 4 heterocycles. The number of nitrogens with zero attached hydrogens (tertiary/aromatic N) is 7. The molecule has 34 heavy (non-hydrogen) atoms. The molecule has 0 aliphatic carbocycles. The highest BCUT2D eigenvalue weighted by atomic mass is 16.5. The summed E-state index contributed by atoms with van der Waals surface area (Å²) in [5.41, 5.74) is 1.71. The van der Waals surface area contributed by atoms with E-state index in [2.05, 4.69) is 20.2 Å². The molecule has 1 aromatic carbocycles. The second-order valence-corrected chi connectivity index (χ2v) is 8.57. The van der Waals surface area contributed by atoms with E-state index in [1.165, 1.54) is 0 Å². The van der Waals surface area contributed by atoms with Crippen molar-refractivity contribution in [1.29, 1.82) is 0 Å². The lowest BCUT2D eigenvalue weighted by Gasteiger charge is -2.36. The van der Waals surface area contributed by atoms with Crippen LogP contribution in [0.1, 0.15) is 12.1 Å². The molecule has 176 valence electrons. The monoisotopic (exact) mass is 461 g/mol. The van der Waals surface area contributed by atoms with Gasteiger partial charge in [-0.1, -0.05) is 0 Å². The van der Waals surface area contributed by atoms with Crippen LogP contribution in [0.4, 0.5) is 11.5 Å². The molecule has 10 nitrogen and oxygen atoms in total. The van der Waals surface area contributed by atoms with E-state index in [0.29, 0.717) is 38.5 Å². The van der Waals surface area contributed by atoms with Crippen molar-refractivity contribution >= 4 is 23.3 Å². The van der Waals surface area contributed by atoms with Crippen molar-refractivity contribution in [3.05, 3.63) is 54.4 Å². The summed E-state index contributed by atoms with van der Waals surface area (Å²) in [6.07, 6.45) is 2.10. The lowest BCUT2D eigenvalue weighted by atomic mass is 10.1. The van der Waals surface area contributed by atoms with E-state index in [4.69, 9.17) is 4.74 Å².